The van der Waals surface area contributed by atoms with Gasteiger partial charge in [0.2, 0.25) is 5.91 Å². The van der Waals surface area contributed by atoms with E-state index in [0.29, 0.717) is 18.5 Å². The lowest BCUT2D eigenvalue weighted by Gasteiger charge is -2.27. The van der Waals surface area contributed by atoms with Gasteiger partial charge in [0.05, 0.1) is 18.9 Å². The maximum Gasteiger partial charge on any atom is 0.307 e. The van der Waals surface area contributed by atoms with E-state index in [1.54, 1.807) is 19.2 Å². The van der Waals surface area contributed by atoms with Crippen molar-refractivity contribution in [3.05, 3.63) is 23.8 Å². The Morgan fingerprint density at radius 2 is 1.90 bits per heavy atom. The Balaban J connectivity index is 2.09. The molecule has 0 radical (unpaired) electrons. The number of methoxy groups -OCH3 is 1. The summed E-state index contributed by atoms with van der Waals surface area (Å²) in [5.74, 6) is -1.33. The lowest BCUT2D eigenvalue weighted by Crippen LogP contribution is -2.36. The van der Waals surface area contributed by atoms with Gasteiger partial charge in [-0.15, -0.1) is 0 Å². The number of anilines is 1. The fourth-order valence-corrected chi connectivity index (χ4v) is 2.93. The van der Waals surface area contributed by atoms with Crippen LogP contribution in [0.4, 0.5) is 5.69 Å². The second-order valence-electron chi connectivity index (χ2n) is 5.51. The molecule has 5 nitrogen and oxygen atoms in total. The van der Waals surface area contributed by atoms with Gasteiger partial charge in [0.15, 0.2) is 0 Å². The van der Waals surface area contributed by atoms with Gasteiger partial charge in [-0.05, 0) is 43.5 Å². The Morgan fingerprint density at radius 1 is 1.24 bits per heavy atom. The fraction of sp³-hybridized carbons (Fsp3) is 0.500. The van der Waals surface area contributed by atoms with Gasteiger partial charge in [0.1, 0.15) is 5.75 Å². The van der Waals surface area contributed by atoms with Gasteiger partial charge in [-0.25, -0.2) is 0 Å². The molecule has 2 rings (SSSR count). The van der Waals surface area contributed by atoms with Gasteiger partial charge < -0.3 is 15.2 Å². The summed E-state index contributed by atoms with van der Waals surface area (Å²) in [5.41, 5.74) is 1.60. The van der Waals surface area contributed by atoms with Crippen molar-refractivity contribution in [2.45, 2.75) is 32.6 Å². The first-order chi connectivity index (χ1) is 10.0. The second-order valence-corrected chi connectivity index (χ2v) is 5.51. The highest BCUT2D eigenvalue weighted by Gasteiger charge is 2.35. The summed E-state index contributed by atoms with van der Waals surface area (Å²) in [6, 6.07) is 5.39. The molecule has 0 unspecified atom stereocenters. The van der Waals surface area contributed by atoms with Crippen LogP contribution in [0.25, 0.3) is 0 Å². The van der Waals surface area contributed by atoms with Crippen molar-refractivity contribution in [1.82, 2.24) is 0 Å². The number of amides is 1. The van der Waals surface area contributed by atoms with E-state index in [-0.39, 0.29) is 5.91 Å². The predicted octanol–water partition coefficient (Wildman–Crippen LogP) is 2.83. The molecule has 1 aliphatic rings. The van der Waals surface area contributed by atoms with Gasteiger partial charge in [0.25, 0.3) is 0 Å². The van der Waals surface area contributed by atoms with Gasteiger partial charge >= 0.3 is 5.97 Å². The third-order valence-electron chi connectivity index (χ3n) is 4.08. The molecule has 1 saturated carbocycles. The minimum absolute atomic E-state index is 0.202. The molecule has 0 aromatic heterocycles. The highest BCUT2D eigenvalue weighted by molar-refractivity contribution is 5.95. The average molecular weight is 291 g/mol. The number of rotatable bonds is 4. The zero-order valence-electron chi connectivity index (χ0n) is 12.4. The van der Waals surface area contributed by atoms with E-state index < -0.39 is 17.8 Å². The summed E-state index contributed by atoms with van der Waals surface area (Å²) in [4.78, 5) is 23.6. The van der Waals surface area contributed by atoms with Gasteiger partial charge in [-0.2, -0.15) is 0 Å². The molecular weight excluding hydrogens is 270 g/mol. The van der Waals surface area contributed by atoms with Gasteiger partial charge in [-0.3, -0.25) is 9.59 Å². The minimum atomic E-state index is -0.874. The zero-order chi connectivity index (χ0) is 15.4. The summed E-state index contributed by atoms with van der Waals surface area (Å²) in [6.45, 7) is 1.90. The standard InChI is InChI=1S/C16H21NO4/c1-10-9-11(7-8-14(10)21-2)17-15(18)12-5-3-4-6-13(12)16(19)20/h7-9,12-13H,3-6H2,1-2H3,(H,17,18)(H,19,20)/t12-,13+/m1/s1. The van der Waals surface area contributed by atoms with Gasteiger partial charge in [-0.1, -0.05) is 12.8 Å². The number of carbonyl (C=O) groups excluding carboxylic acids is 1. The van der Waals surface area contributed by atoms with Gasteiger partial charge in [0, 0.05) is 5.69 Å². The van der Waals surface area contributed by atoms with E-state index in [2.05, 4.69) is 5.32 Å². The van der Waals surface area contributed by atoms with Crippen LogP contribution >= 0.6 is 0 Å². The van der Waals surface area contributed by atoms with E-state index in [4.69, 9.17) is 4.74 Å². The molecule has 1 aromatic carbocycles. The Morgan fingerprint density at radius 3 is 2.48 bits per heavy atom. The number of hydrogen-bond donors (Lipinski definition) is 2. The third kappa shape index (κ3) is 3.54. The summed E-state index contributed by atoms with van der Waals surface area (Å²) in [6.07, 6.45) is 3.00. The van der Waals surface area contributed by atoms with Crippen LogP contribution in [0.2, 0.25) is 0 Å². The van der Waals surface area contributed by atoms with E-state index in [0.717, 1.165) is 24.2 Å². The predicted molar refractivity (Wildman–Crippen MR) is 79.4 cm³/mol. The molecule has 114 valence electrons. The summed E-state index contributed by atoms with van der Waals surface area (Å²) in [5, 5.41) is 12.1. The molecule has 1 fully saturated rings. The maximum absolute atomic E-state index is 12.3. The maximum atomic E-state index is 12.3. The molecule has 5 heteroatoms. The molecule has 2 atom stereocenters. The first-order valence-corrected chi connectivity index (χ1v) is 7.21. The van der Waals surface area contributed by atoms with Crippen LogP contribution in [-0.4, -0.2) is 24.1 Å². The van der Waals surface area contributed by atoms with E-state index in [1.807, 2.05) is 13.0 Å². The number of nitrogens with one attached hydrogen (secondary N) is 1. The molecule has 0 bridgehead atoms. The Kier molecular flexibility index (Phi) is 4.83. The molecule has 1 aliphatic carbocycles. The topological polar surface area (TPSA) is 75.6 Å². The minimum Gasteiger partial charge on any atom is -0.496 e. The quantitative estimate of drug-likeness (QED) is 0.894. The van der Waals surface area contributed by atoms with E-state index in [9.17, 15) is 14.7 Å². The Bertz CT molecular complexity index is 541. The highest BCUT2D eigenvalue weighted by atomic mass is 16.5. The number of aliphatic carboxylic acids is 1. The van der Waals surface area contributed by atoms with Crippen LogP contribution in [0.1, 0.15) is 31.2 Å². The van der Waals surface area contributed by atoms with Crippen LogP contribution in [0.3, 0.4) is 0 Å². The van der Waals surface area contributed by atoms with Crippen LogP contribution in [0, 0.1) is 18.8 Å². The normalized spacial score (nSPS) is 21.6. The number of carboxylic acids is 1. The number of hydrogen-bond acceptors (Lipinski definition) is 3. The number of benzene rings is 1. The summed E-state index contributed by atoms with van der Waals surface area (Å²) >= 11 is 0. The first kappa shape index (κ1) is 15.4. The highest BCUT2D eigenvalue weighted by Crippen LogP contribution is 2.31. The molecule has 21 heavy (non-hydrogen) atoms. The number of aryl methyl sites for hydroxylation is 1. The largest absolute Gasteiger partial charge is 0.496 e. The van der Waals surface area contributed by atoms with Crippen LogP contribution in [0.5, 0.6) is 5.75 Å². The van der Waals surface area contributed by atoms with Crippen molar-refractivity contribution in [2.75, 3.05) is 12.4 Å². The molecule has 1 amide bonds. The molecule has 0 spiro atoms. The molecule has 0 saturated heterocycles. The molecule has 0 aliphatic heterocycles. The number of ether oxygens (including phenoxy) is 1. The fourth-order valence-electron chi connectivity index (χ4n) is 2.93. The Labute approximate surface area is 124 Å². The van der Waals surface area contributed by atoms with Crippen molar-refractivity contribution >= 4 is 17.6 Å². The van der Waals surface area contributed by atoms with Crippen molar-refractivity contribution in [3.8, 4) is 5.75 Å². The van der Waals surface area contributed by atoms with Crippen LogP contribution < -0.4 is 10.1 Å². The first-order valence-electron chi connectivity index (χ1n) is 7.21. The van der Waals surface area contributed by atoms with E-state index >= 15 is 0 Å². The summed E-state index contributed by atoms with van der Waals surface area (Å²) < 4.78 is 5.18. The van der Waals surface area contributed by atoms with Crippen LogP contribution in [0.15, 0.2) is 18.2 Å². The van der Waals surface area contributed by atoms with E-state index in [1.165, 1.54) is 0 Å². The smallest absolute Gasteiger partial charge is 0.307 e. The third-order valence-corrected chi connectivity index (χ3v) is 4.08. The molecule has 2 N–H and O–H groups in total. The van der Waals surface area contributed by atoms with Crippen molar-refractivity contribution in [1.29, 1.82) is 0 Å². The molecular formula is C16H21NO4. The number of carbonyl (C=O) groups is 2. The van der Waals surface area contributed by atoms with Crippen molar-refractivity contribution in [2.24, 2.45) is 11.8 Å². The SMILES string of the molecule is COc1ccc(NC(=O)[C@@H]2CCCC[C@@H]2C(=O)O)cc1C. The average Bonchev–Trinajstić information content (AvgIpc) is 2.47. The monoisotopic (exact) mass is 291 g/mol. The zero-order valence-corrected chi connectivity index (χ0v) is 12.4. The molecule has 0 heterocycles. The van der Waals surface area contributed by atoms with Crippen molar-refractivity contribution in [3.63, 3.8) is 0 Å². The summed E-state index contributed by atoms with van der Waals surface area (Å²) in [7, 11) is 1.60. The van der Waals surface area contributed by atoms with Crippen LogP contribution in [-0.2, 0) is 9.59 Å². The van der Waals surface area contributed by atoms with Crippen molar-refractivity contribution < 1.29 is 19.4 Å². The molecule has 1 aromatic rings. The second kappa shape index (κ2) is 6.61. The lowest BCUT2D eigenvalue weighted by atomic mass is 9.78. The Hall–Kier alpha value is -2.04. The lowest BCUT2D eigenvalue weighted by molar-refractivity contribution is -0.147. The number of carboxylic acid groups (broad SMARTS) is 1.